The van der Waals surface area contributed by atoms with Gasteiger partial charge in [0.05, 0.1) is 18.4 Å². The molecule has 0 aliphatic rings. The van der Waals surface area contributed by atoms with Crippen LogP contribution >= 0.6 is 0 Å². The van der Waals surface area contributed by atoms with Crippen LogP contribution in [0.5, 0.6) is 0 Å². The number of nitrogens with zero attached hydrogens (tertiary/aromatic N) is 3. The third kappa shape index (κ3) is 4.06. The van der Waals surface area contributed by atoms with Crippen LogP contribution in [0.3, 0.4) is 0 Å². The Labute approximate surface area is 139 Å². The van der Waals surface area contributed by atoms with Crippen molar-refractivity contribution < 1.29 is 8.81 Å². The van der Waals surface area contributed by atoms with E-state index in [1.807, 2.05) is 36.5 Å². The highest BCUT2D eigenvalue weighted by Crippen LogP contribution is 2.16. The van der Waals surface area contributed by atoms with Crippen molar-refractivity contribution in [2.24, 2.45) is 0 Å². The summed E-state index contributed by atoms with van der Waals surface area (Å²) in [4.78, 5) is 6.30. The van der Waals surface area contributed by atoms with Gasteiger partial charge in [-0.05, 0) is 41.5 Å². The van der Waals surface area contributed by atoms with Crippen LogP contribution in [0, 0.1) is 17.1 Å². The zero-order chi connectivity index (χ0) is 16.8. The first-order valence-electron chi connectivity index (χ1n) is 7.57. The van der Waals surface area contributed by atoms with Crippen LogP contribution in [0.1, 0.15) is 22.5 Å². The van der Waals surface area contributed by atoms with Crippen LogP contribution in [-0.4, -0.2) is 9.88 Å². The predicted molar refractivity (Wildman–Crippen MR) is 87.0 cm³/mol. The minimum Gasteiger partial charge on any atom is -0.468 e. The van der Waals surface area contributed by atoms with Gasteiger partial charge >= 0.3 is 0 Å². The Morgan fingerprint density at radius 2 is 1.96 bits per heavy atom. The Hall–Kier alpha value is -2.97. The molecule has 0 saturated heterocycles. The van der Waals surface area contributed by atoms with Gasteiger partial charge in [-0.15, -0.1) is 0 Å². The SMILES string of the molecule is N#Cc1cc(CN(Cc2cccnc2)Cc2ccco2)ccc1F. The van der Waals surface area contributed by atoms with Gasteiger partial charge < -0.3 is 4.42 Å². The molecular weight excluding hydrogens is 305 g/mol. The van der Waals surface area contributed by atoms with Crippen molar-refractivity contribution in [3.05, 3.63) is 89.4 Å². The number of furan rings is 1. The summed E-state index contributed by atoms with van der Waals surface area (Å²) in [6.45, 7) is 1.86. The Balaban J connectivity index is 1.80. The van der Waals surface area contributed by atoms with Crippen LogP contribution in [0.25, 0.3) is 0 Å². The van der Waals surface area contributed by atoms with Crippen molar-refractivity contribution in [3.8, 4) is 6.07 Å². The lowest BCUT2D eigenvalue weighted by atomic mass is 10.1. The molecular formula is C19H16FN3O. The van der Waals surface area contributed by atoms with E-state index in [0.717, 1.165) is 16.9 Å². The topological polar surface area (TPSA) is 53.1 Å². The van der Waals surface area contributed by atoms with Gasteiger partial charge in [0, 0.05) is 25.5 Å². The van der Waals surface area contributed by atoms with Gasteiger partial charge in [-0.3, -0.25) is 9.88 Å². The molecule has 2 heterocycles. The molecule has 0 aliphatic carbocycles. The second-order valence-corrected chi connectivity index (χ2v) is 5.51. The summed E-state index contributed by atoms with van der Waals surface area (Å²) in [5.41, 5.74) is 2.02. The zero-order valence-electron chi connectivity index (χ0n) is 13.0. The molecule has 24 heavy (non-hydrogen) atoms. The van der Waals surface area contributed by atoms with E-state index >= 15 is 0 Å². The predicted octanol–water partition coefficient (Wildman–Crippen LogP) is 3.89. The molecule has 120 valence electrons. The summed E-state index contributed by atoms with van der Waals surface area (Å²) in [6, 6.07) is 14.2. The Morgan fingerprint density at radius 3 is 2.67 bits per heavy atom. The van der Waals surface area contributed by atoms with E-state index in [1.54, 1.807) is 24.6 Å². The summed E-state index contributed by atoms with van der Waals surface area (Å²) < 4.78 is 18.9. The van der Waals surface area contributed by atoms with Crippen LogP contribution in [-0.2, 0) is 19.6 Å². The number of nitriles is 1. The lowest BCUT2D eigenvalue weighted by Gasteiger charge is -2.21. The number of rotatable bonds is 6. The number of hydrogen-bond donors (Lipinski definition) is 0. The smallest absolute Gasteiger partial charge is 0.140 e. The lowest BCUT2D eigenvalue weighted by molar-refractivity contribution is 0.226. The van der Waals surface area contributed by atoms with Gasteiger partial charge in [0.2, 0.25) is 0 Å². The molecule has 0 unspecified atom stereocenters. The molecule has 5 heteroatoms. The Morgan fingerprint density at radius 1 is 1.08 bits per heavy atom. The number of halogens is 1. The van der Waals surface area contributed by atoms with Crippen molar-refractivity contribution in [3.63, 3.8) is 0 Å². The minimum atomic E-state index is -0.494. The van der Waals surface area contributed by atoms with E-state index in [2.05, 4.69) is 9.88 Å². The molecule has 0 spiro atoms. The molecule has 0 N–H and O–H groups in total. The third-order valence-electron chi connectivity index (χ3n) is 3.65. The van der Waals surface area contributed by atoms with E-state index < -0.39 is 5.82 Å². The maximum atomic E-state index is 13.5. The zero-order valence-corrected chi connectivity index (χ0v) is 13.0. The highest BCUT2D eigenvalue weighted by atomic mass is 19.1. The summed E-state index contributed by atoms with van der Waals surface area (Å²) in [7, 11) is 0. The highest BCUT2D eigenvalue weighted by Gasteiger charge is 2.12. The van der Waals surface area contributed by atoms with E-state index in [4.69, 9.17) is 9.68 Å². The number of benzene rings is 1. The van der Waals surface area contributed by atoms with Gasteiger partial charge in [-0.2, -0.15) is 5.26 Å². The fraction of sp³-hybridized carbons (Fsp3) is 0.158. The molecule has 0 bridgehead atoms. The standard InChI is InChI=1S/C19H16FN3O/c20-19-6-5-15(9-17(19)10-21)12-23(14-18-4-2-8-24-18)13-16-3-1-7-22-11-16/h1-9,11H,12-14H2. The van der Waals surface area contributed by atoms with Crippen molar-refractivity contribution in [1.82, 2.24) is 9.88 Å². The molecule has 4 nitrogen and oxygen atoms in total. The Kier molecular flexibility index (Phi) is 4.99. The first-order chi connectivity index (χ1) is 11.7. The second kappa shape index (κ2) is 7.53. The highest BCUT2D eigenvalue weighted by molar-refractivity contribution is 5.34. The third-order valence-corrected chi connectivity index (χ3v) is 3.65. The van der Waals surface area contributed by atoms with Gasteiger partial charge in [0.15, 0.2) is 0 Å². The average Bonchev–Trinajstić information content (AvgIpc) is 3.10. The fourth-order valence-corrected chi connectivity index (χ4v) is 2.56. The summed E-state index contributed by atoms with van der Waals surface area (Å²) >= 11 is 0. The average molecular weight is 321 g/mol. The van der Waals surface area contributed by atoms with Crippen molar-refractivity contribution in [1.29, 1.82) is 5.26 Å². The lowest BCUT2D eigenvalue weighted by Crippen LogP contribution is -2.22. The van der Waals surface area contributed by atoms with E-state index in [0.29, 0.717) is 19.6 Å². The minimum absolute atomic E-state index is 0.0619. The van der Waals surface area contributed by atoms with Gasteiger partial charge in [0.1, 0.15) is 17.6 Å². The quantitative estimate of drug-likeness (QED) is 0.691. The van der Waals surface area contributed by atoms with Crippen LogP contribution in [0.2, 0.25) is 0 Å². The van der Waals surface area contributed by atoms with Gasteiger partial charge in [0.25, 0.3) is 0 Å². The van der Waals surface area contributed by atoms with Crippen LogP contribution in [0.15, 0.2) is 65.5 Å². The molecule has 0 fully saturated rings. The van der Waals surface area contributed by atoms with Gasteiger partial charge in [-0.25, -0.2) is 4.39 Å². The van der Waals surface area contributed by atoms with E-state index in [9.17, 15) is 4.39 Å². The summed E-state index contributed by atoms with van der Waals surface area (Å²) in [5.74, 6) is 0.354. The summed E-state index contributed by atoms with van der Waals surface area (Å²) in [5, 5.41) is 8.99. The molecule has 1 aromatic carbocycles. The van der Waals surface area contributed by atoms with Crippen molar-refractivity contribution in [2.45, 2.75) is 19.6 Å². The largest absolute Gasteiger partial charge is 0.468 e. The van der Waals surface area contributed by atoms with Crippen LogP contribution < -0.4 is 0 Å². The molecule has 0 saturated carbocycles. The first-order valence-corrected chi connectivity index (χ1v) is 7.57. The number of pyridine rings is 1. The van der Waals surface area contributed by atoms with E-state index in [1.165, 1.54) is 6.07 Å². The van der Waals surface area contributed by atoms with Gasteiger partial charge in [-0.1, -0.05) is 12.1 Å². The molecule has 0 amide bonds. The first kappa shape index (κ1) is 15.9. The molecule has 3 aromatic rings. The Bertz CT molecular complexity index is 826. The molecule has 3 rings (SSSR count). The fourth-order valence-electron chi connectivity index (χ4n) is 2.56. The van der Waals surface area contributed by atoms with E-state index in [-0.39, 0.29) is 5.56 Å². The second-order valence-electron chi connectivity index (χ2n) is 5.51. The number of aromatic nitrogens is 1. The summed E-state index contributed by atoms with van der Waals surface area (Å²) in [6.07, 6.45) is 5.20. The maximum Gasteiger partial charge on any atom is 0.140 e. The molecule has 0 atom stereocenters. The number of hydrogen-bond acceptors (Lipinski definition) is 4. The van der Waals surface area contributed by atoms with Crippen molar-refractivity contribution >= 4 is 0 Å². The van der Waals surface area contributed by atoms with Crippen LogP contribution in [0.4, 0.5) is 4.39 Å². The molecule has 0 aliphatic heterocycles. The van der Waals surface area contributed by atoms with Crippen molar-refractivity contribution in [2.75, 3.05) is 0 Å². The monoisotopic (exact) mass is 321 g/mol. The maximum absolute atomic E-state index is 13.5. The molecule has 0 radical (unpaired) electrons. The molecule has 2 aromatic heterocycles. The normalized spacial score (nSPS) is 10.7.